The maximum absolute atomic E-state index is 11.9. The molecule has 1 rings (SSSR count). The number of rotatable bonds is 6. The van der Waals surface area contributed by atoms with Crippen molar-refractivity contribution >= 4 is 35.5 Å². The van der Waals surface area contributed by atoms with Crippen LogP contribution in [-0.4, -0.2) is 49.3 Å². The smallest absolute Gasteiger partial charge is 0.261 e. The Balaban J connectivity index is 3.30. The standard InChI is InChI=1S/C11H14ClNO6S2/c1-19-4-3-13-11(14)8-5-9(20(2,15)16)7-10(6-8)21(12,17)18/h5-7H,3-4H2,1-2H3,(H,13,14). The van der Waals surface area contributed by atoms with Crippen LogP contribution < -0.4 is 5.32 Å². The van der Waals surface area contributed by atoms with Crippen molar-refractivity contribution in [3.05, 3.63) is 23.8 Å². The molecule has 0 aliphatic carbocycles. The zero-order valence-corrected chi connectivity index (χ0v) is 13.7. The highest BCUT2D eigenvalue weighted by Crippen LogP contribution is 2.22. The Labute approximate surface area is 127 Å². The third-order valence-corrected chi connectivity index (χ3v) is 4.87. The molecule has 118 valence electrons. The quantitative estimate of drug-likeness (QED) is 0.584. The van der Waals surface area contributed by atoms with E-state index in [0.717, 1.165) is 24.5 Å². The van der Waals surface area contributed by atoms with Crippen molar-refractivity contribution in [2.75, 3.05) is 26.5 Å². The second-order valence-electron chi connectivity index (χ2n) is 4.15. The Kier molecular flexibility index (Phi) is 5.74. The monoisotopic (exact) mass is 355 g/mol. The van der Waals surface area contributed by atoms with Gasteiger partial charge in [-0.2, -0.15) is 0 Å². The summed E-state index contributed by atoms with van der Waals surface area (Å²) in [7, 11) is -1.20. The fourth-order valence-corrected chi connectivity index (χ4v) is 2.99. The van der Waals surface area contributed by atoms with E-state index < -0.39 is 29.7 Å². The molecule has 1 aromatic rings. The van der Waals surface area contributed by atoms with E-state index >= 15 is 0 Å². The molecule has 0 aliphatic heterocycles. The minimum atomic E-state index is -4.16. The number of sulfone groups is 1. The molecule has 0 aromatic heterocycles. The molecule has 0 saturated carbocycles. The van der Waals surface area contributed by atoms with E-state index in [4.69, 9.17) is 15.4 Å². The maximum atomic E-state index is 11.9. The van der Waals surface area contributed by atoms with Crippen LogP contribution in [0.2, 0.25) is 0 Å². The van der Waals surface area contributed by atoms with Gasteiger partial charge in [-0.05, 0) is 18.2 Å². The third-order valence-electron chi connectivity index (χ3n) is 2.44. The molecule has 10 heteroatoms. The van der Waals surface area contributed by atoms with Crippen molar-refractivity contribution in [3.63, 3.8) is 0 Å². The van der Waals surface area contributed by atoms with Crippen LogP contribution in [0, 0.1) is 0 Å². The molecule has 0 unspecified atom stereocenters. The first-order valence-electron chi connectivity index (χ1n) is 5.62. The van der Waals surface area contributed by atoms with Crippen molar-refractivity contribution in [3.8, 4) is 0 Å². The molecule has 0 atom stereocenters. The molecule has 0 fully saturated rings. The molecular formula is C11H14ClNO6S2. The lowest BCUT2D eigenvalue weighted by atomic mass is 10.2. The van der Waals surface area contributed by atoms with Crippen LogP contribution in [0.4, 0.5) is 0 Å². The average Bonchev–Trinajstić information content (AvgIpc) is 2.36. The zero-order valence-electron chi connectivity index (χ0n) is 11.3. The number of carbonyl (C=O) groups excluding carboxylic acids is 1. The second kappa shape index (κ2) is 6.73. The minimum Gasteiger partial charge on any atom is -0.383 e. The van der Waals surface area contributed by atoms with Gasteiger partial charge >= 0.3 is 0 Å². The first-order valence-corrected chi connectivity index (χ1v) is 9.82. The number of ether oxygens (including phenoxy) is 1. The van der Waals surface area contributed by atoms with E-state index in [1.807, 2.05) is 0 Å². The maximum Gasteiger partial charge on any atom is 0.261 e. The van der Waals surface area contributed by atoms with Gasteiger partial charge in [0.1, 0.15) is 0 Å². The highest BCUT2D eigenvalue weighted by atomic mass is 35.7. The second-order valence-corrected chi connectivity index (χ2v) is 8.73. The molecule has 0 radical (unpaired) electrons. The summed E-state index contributed by atoms with van der Waals surface area (Å²) in [5.74, 6) is -0.626. The molecule has 1 aromatic carbocycles. The molecular weight excluding hydrogens is 342 g/mol. The Morgan fingerprint density at radius 3 is 2.24 bits per heavy atom. The number of carbonyl (C=O) groups is 1. The predicted octanol–water partition coefficient (Wildman–Crippen LogP) is 0.394. The van der Waals surface area contributed by atoms with E-state index in [1.165, 1.54) is 7.11 Å². The lowest BCUT2D eigenvalue weighted by Crippen LogP contribution is -2.27. The molecule has 0 aliphatic rings. The van der Waals surface area contributed by atoms with E-state index in [9.17, 15) is 21.6 Å². The first-order chi connectivity index (χ1) is 9.55. The van der Waals surface area contributed by atoms with Crippen molar-refractivity contribution in [2.45, 2.75) is 9.79 Å². The van der Waals surface area contributed by atoms with Gasteiger partial charge in [0.15, 0.2) is 9.84 Å². The Hall–Kier alpha value is -1.16. The van der Waals surface area contributed by atoms with Crippen molar-refractivity contribution < 1.29 is 26.4 Å². The molecule has 1 N–H and O–H groups in total. The van der Waals surface area contributed by atoms with Crippen molar-refractivity contribution in [1.29, 1.82) is 0 Å². The van der Waals surface area contributed by atoms with Crippen LogP contribution in [0.25, 0.3) is 0 Å². The predicted molar refractivity (Wildman–Crippen MR) is 76.8 cm³/mol. The minimum absolute atomic E-state index is 0.117. The van der Waals surface area contributed by atoms with Crippen molar-refractivity contribution in [1.82, 2.24) is 5.32 Å². The van der Waals surface area contributed by atoms with Gasteiger partial charge in [0.25, 0.3) is 15.0 Å². The summed E-state index contributed by atoms with van der Waals surface area (Å²) in [4.78, 5) is 11.1. The molecule has 0 bridgehead atoms. The summed E-state index contributed by atoms with van der Waals surface area (Å²) in [6.07, 6.45) is 0.902. The first kappa shape index (κ1) is 17.9. The Morgan fingerprint density at radius 2 is 1.76 bits per heavy atom. The third kappa shape index (κ3) is 5.27. The normalized spacial score (nSPS) is 12.1. The van der Waals surface area contributed by atoms with E-state index in [0.29, 0.717) is 0 Å². The van der Waals surface area contributed by atoms with Gasteiger partial charge < -0.3 is 10.1 Å². The van der Waals surface area contributed by atoms with Crippen LogP contribution in [0.1, 0.15) is 10.4 Å². The van der Waals surface area contributed by atoms with E-state index in [-0.39, 0.29) is 23.6 Å². The Bertz CT molecular complexity index is 692. The number of halogens is 1. The average molecular weight is 356 g/mol. The summed E-state index contributed by atoms with van der Waals surface area (Å²) < 4.78 is 50.6. The number of benzene rings is 1. The topological polar surface area (TPSA) is 107 Å². The fraction of sp³-hybridized carbons (Fsp3) is 0.364. The van der Waals surface area contributed by atoms with Gasteiger partial charge in [0.2, 0.25) is 0 Å². The van der Waals surface area contributed by atoms with Crippen molar-refractivity contribution in [2.24, 2.45) is 0 Å². The van der Waals surface area contributed by atoms with E-state index in [2.05, 4.69) is 5.32 Å². The largest absolute Gasteiger partial charge is 0.383 e. The van der Waals surface area contributed by atoms with Crippen LogP contribution in [0.5, 0.6) is 0 Å². The van der Waals surface area contributed by atoms with Gasteiger partial charge in [0, 0.05) is 36.2 Å². The van der Waals surface area contributed by atoms with Gasteiger partial charge in [-0.25, -0.2) is 16.8 Å². The Morgan fingerprint density at radius 1 is 1.19 bits per heavy atom. The van der Waals surface area contributed by atoms with Gasteiger partial charge in [-0.1, -0.05) is 0 Å². The number of methoxy groups -OCH3 is 1. The molecule has 0 spiro atoms. The molecule has 7 nitrogen and oxygen atoms in total. The number of hydrogen-bond donors (Lipinski definition) is 1. The molecule has 21 heavy (non-hydrogen) atoms. The number of hydrogen-bond acceptors (Lipinski definition) is 6. The summed E-state index contributed by atoms with van der Waals surface area (Å²) in [5.41, 5.74) is -0.117. The van der Waals surface area contributed by atoms with Crippen LogP contribution in [0.15, 0.2) is 28.0 Å². The van der Waals surface area contributed by atoms with Crippen LogP contribution in [0.3, 0.4) is 0 Å². The zero-order chi connectivity index (χ0) is 16.3. The summed E-state index contributed by atoms with van der Waals surface area (Å²) in [5, 5.41) is 2.46. The van der Waals surface area contributed by atoms with Gasteiger partial charge in [0.05, 0.1) is 16.4 Å². The summed E-state index contributed by atoms with van der Waals surface area (Å²) >= 11 is 0. The van der Waals surface area contributed by atoms with E-state index in [1.54, 1.807) is 0 Å². The lowest BCUT2D eigenvalue weighted by molar-refractivity contribution is 0.0936. The summed E-state index contributed by atoms with van der Waals surface area (Å²) in [6, 6.07) is 3.01. The summed E-state index contributed by atoms with van der Waals surface area (Å²) in [6.45, 7) is 0.458. The molecule has 0 heterocycles. The SMILES string of the molecule is COCCNC(=O)c1cc(S(C)(=O)=O)cc(S(=O)(=O)Cl)c1. The fourth-order valence-electron chi connectivity index (χ4n) is 1.43. The lowest BCUT2D eigenvalue weighted by Gasteiger charge is -2.08. The highest BCUT2D eigenvalue weighted by molar-refractivity contribution is 8.13. The van der Waals surface area contributed by atoms with Crippen LogP contribution >= 0.6 is 10.7 Å². The van der Waals surface area contributed by atoms with Gasteiger partial charge in [-0.3, -0.25) is 4.79 Å². The van der Waals surface area contributed by atoms with Crippen LogP contribution in [-0.2, 0) is 23.6 Å². The molecule has 0 saturated heterocycles. The number of amides is 1. The van der Waals surface area contributed by atoms with Gasteiger partial charge in [-0.15, -0.1) is 0 Å². The number of nitrogens with one attached hydrogen (secondary N) is 1. The molecule has 1 amide bonds. The highest BCUT2D eigenvalue weighted by Gasteiger charge is 2.19.